The fraction of sp³-hybridized carbons (Fsp3) is 0.130. The predicted molar refractivity (Wildman–Crippen MR) is 110 cm³/mol. The van der Waals surface area contributed by atoms with Crippen molar-refractivity contribution in [1.82, 2.24) is 9.88 Å². The maximum atomic E-state index is 12.9. The van der Waals surface area contributed by atoms with E-state index >= 15 is 0 Å². The van der Waals surface area contributed by atoms with Gasteiger partial charge in [-0.3, -0.25) is 14.6 Å². The van der Waals surface area contributed by atoms with Crippen molar-refractivity contribution in [2.24, 2.45) is 0 Å². The van der Waals surface area contributed by atoms with E-state index in [4.69, 9.17) is 5.26 Å². The summed E-state index contributed by atoms with van der Waals surface area (Å²) < 4.78 is 0. The van der Waals surface area contributed by atoms with E-state index in [1.165, 1.54) is 12.3 Å². The van der Waals surface area contributed by atoms with Crippen LogP contribution in [0.15, 0.2) is 72.9 Å². The maximum absolute atomic E-state index is 12.9. The number of benzene rings is 2. The molecule has 0 bridgehead atoms. The van der Waals surface area contributed by atoms with Gasteiger partial charge < -0.3 is 10.2 Å². The second kappa shape index (κ2) is 9.29. The van der Waals surface area contributed by atoms with Crippen LogP contribution < -0.4 is 5.32 Å². The van der Waals surface area contributed by atoms with Crippen LogP contribution in [-0.4, -0.2) is 28.2 Å². The van der Waals surface area contributed by atoms with Gasteiger partial charge in [0.1, 0.15) is 5.69 Å². The molecule has 0 aliphatic carbocycles. The fourth-order valence-electron chi connectivity index (χ4n) is 2.81. The summed E-state index contributed by atoms with van der Waals surface area (Å²) in [5.74, 6) is -0.582. The number of pyridine rings is 1. The van der Waals surface area contributed by atoms with Crippen LogP contribution in [0.2, 0.25) is 0 Å². The van der Waals surface area contributed by atoms with Crippen LogP contribution in [0.1, 0.15) is 38.9 Å². The Morgan fingerprint density at radius 2 is 1.79 bits per heavy atom. The number of aromatic nitrogens is 1. The monoisotopic (exact) mass is 384 g/mol. The third-order valence-electron chi connectivity index (χ3n) is 4.40. The molecule has 0 atom stereocenters. The van der Waals surface area contributed by atoms with Crippen molar-refractivity contribution in [2.75, 3.05) is 11.9 Å². The van der Waals surface area contributed by atoms with Crippen LogP contribution >= 0.6 is 0 Å². The summed E-state index contributed by atoms with van der Waals surface area (Å²) in [6.45, 7) is 2.90. The number of carbonyl (C=O) groups is 2. The number of hydrogen-bond acceptors (Lipinski definition) is 4. The maximum Gasteiger partial charge on any atom is 0.272 e. The van der Waals surface area contributed by atoms with Crippen molar-refractivity contribution in [1.29, 1.82) is 5.26 Å². The average molecular weight is 384 g/mol. The van der Waals surface area contributed by atoms with Crippen molar-refractivity contribution in [2.45, 2.75) is 13.5 Å². The van der Waals surface area contributed by atoms with E-state index in [1.807, 2.05) is 43.3 Å². The second-order valence-electron chi connectivity index (χ2n) is 6.38. The number of hydrogen-bond donors (Lipinski definition) is 1. The normalized spacial score (nSPS) is 10.1. The molecule has 2 aromatic carbocycles. The molecule has 6 nitrogen and oxygen atoms in total. The van der Waals surface area contributed by atoms with E-state index in [0.717, 1.165) is 5.56 Å². The summed E-state index contributed by atoms with van der Waals surface area (Å²) in [5.41, 5.74) is 2.66. The molecule has 0 saturated heterocycles. The number of anilines is 1. The molecule has 2 amide bonds. The van der Waals surface area contributed by atoms with E-state index in [-0.39, 0.29) is 17.5 Å². The summed E-state index contributed by atoms with van der Waals surface area (Å²) in [6, 6.07) is 21.4. The van der Waals surface area contributed by atoms with E-state index in [9.17, 15) is 9.59 Å². The second-order valence-corrected chi connectivity index (χ2v) is 6.38. The SMILES string of the molecule is CCN(Cc1ccccc1)C(=O)c1cc(C(=O)Nc2ccc(C#N)cc2)ccn1. The lowest BCUT2D eigenvalue weighted by atomic mass is 10.1. The highest BCUT2D eigenvalue weighted by atomic mass is 16.2. The Balaban J connectivity index is 1.74. The molecule has 1 heterocycles. The lowest BCUT2D eigenvalue weighted by Gasteiger charge is -2.20. The molecule has 0 spiro atoms. The Bertz CT molecular complexity index is 1040. The van der Waals surface area contributed by atoms with Gasteiger partial charge in [-0.15, -0.1) is 0 Å². The molecule has 0 radical (unpaired) electrons. The number of rotatable bonds is 6. The van der Waals surface area contributed by atoms with Crippen molar-refractivity contribution in [3.05, 3.63) is 95.3 Å². The van der Waals surface area contributed by atoms with Crippen LogP contribution in [0, 0.1) is 11.3 Å². The van der Waals surface area contributed by atoms with Crippen LogP contribution in [-0.2, 0) is 6.54 Å². The summed E-state index contributed by atoms with van der Waals surface area (Å²) in [6.07, 6.45) is 1.46. The first-order valence-corrected chi connectivity index (χ1v) is 9.21. The fourth-order valence-corrected chi connectivity index (χ4v) is 2.81. The highest BCUT2D eigenvalue weighted by Gasteiger charge is 2.18. The third-order valence-corrected chi connectivity index (χ3v) is 4.40. The zero-order chi connectivity index (χ0) is 20.6. The largest absolute Gasteiger partial charge is 0.333 e. The molecule has 0 aliphatic rings. The van der Waals surface area contributed by atoms with Crippen molar-refractivity contribution in [3.8, 4) is 6.07 Å². The molecule has 1 aromatic heterocycles. The Labute approximate surface area is 169 Å². The molecular formula is C23H20N4O2. The first kappa shape index (κ1) is 19.8. The topological polar surface area (TPSA) is 86.1 Å². The molecule has 3 aromatic rings. The Morgan fingerprint density at radius 1 is 1.07 bits per heavy atom. The third kappa shape index (κ3) is 5.05. The highest BCUT2D eigenvalue weighted by Crippen LogP contribution is 2.13. The van der Waals surface area contributed by atoms with E-state index in [2.05, 4.69) is 10.3 Å². The van der Waals surface area contributed by atoms with Gasteiger partial charge in [0.15, 0.2) is 0 Å². The van der Waals surface area contributed by atoms with E-state index in [1.54, 1.807) is 35.2 Å². The molecule has 144 valence electrons. The Morgan fingerprint density at radius 3 is 2.45 bits per heavy atom. The minimum Gasteiger partial charge on any atom is -0.333 e. The Hall–Kier alpha value is -3.98. The summed E-state index contributed by atoms with van der Waals surface area (Å²) in [5, 5.41) is 11.6. The molecule has 0 unspecified atom stereocenters. The van der Waals surface area contributed by atoms with Crippen LogP contribution in [0.5, 0.6) is 0 Å². The van der Waals surface area contributed by atoms with Crippen LogP contribution in [0.3, 0.4) is 0 Å². The average Bonchev–Trinajstić information content (AvgIpc) is 2.78. The summed E-state index contributed by atoms with van der Waals surface area (Å²) >= 11 is 0. The van der Waals surface area contributed by atoms with Crippen LogP contribution in [0.25, 0.3) is 0 Å². The first-order chi connectivity index (χ1) is 14.1. The summed E-state index contributed by atoms with van der Waals surface area (Å²) in [7, 11) is 0. The number of nitrogens with one attached hydrogen (secondary N) is 1. The molecule has 0 saturated carbocycles. The number of nitriles is 1. The van der Waals surface area contributed by atoms with Gasteiger partial charge in [-0.1, -0.05) is 30.3 Å². The smallest absolute Gasteiger partial charge is 0.272 e. The van der Waals surface area contributed by atoms with Gasteiger partial charge in [-0.2, -0.15) is 5.26 Å². The van der Waals surface area contributed by atoms with Crippen molar-refractivity contribution in [3.63, 3.8) is 0 Å². The number of nitrogens with zero attached hydrogens (tertiary/aromatic N) is 3. The van der Waals surface area contributed by atoms with E-state index < -0.39 is 0 Å². The quantitative estimate of drug-likeness (QED) is 0.699. The van der Waals surface area contributed by atoms with Crippen molar-refractivity contribution < 1.29 is 9.59 Å². The predicted octanol–water partition coefficient (Wildman–Crippen LogP) is 3.87. The molecular weight excluding hydrogens is 364 g/mol. The highest BCUT2D eigenvalue weighted by molar-refractivity contribution is 6.05. The van der Waals surface area contributed by atoms with Gasteiger partial charge >= 0.3 is 0 Å². The van der Waals surface area contributed by atoms with Gasteiger partial charge in [0.25, 0.3) is 11.8 Å². The molecule has 0 aliphatic heterocycles. The molecule has 6 heteroatoms. The number of carbonyl (C=O) groups excluding carboxylic acids is 2. The van der Waals surface area contributed by atoms with Gasteiger partial charge in [0.05, 0.1) is 11.6 Å². The minimum atomic E-state index is -0.350. The molecule has 1 N–H and O–H groups in total. The van der Waals surface area contributed by atoms with Gasteiger partial charge in [-0.05, 0) is 48.9 Å². The van der Waals surface area contributed by atoms with E-state index in [0.29, 0.717) is 29.9 Å². The Kier molecular flexibility index (Phi) is 6.33. The number of amides is 2. The molecule has 3 rings (SSSR count). The van der Waals surface area contributed by atoms with Crippen LogP contribution in [0.4, 0.5) is 5.69 Å². The van der Waals surface area contributed by atoms with Gasteiger partial charge in [0, 0.05) is 30.5 Å². The summed E-state index contributed by atoms with van der Waals surface area (Å²) in [4.78, 5) is 31.3. The van der Waals surface area contributed by atoms with Gasteiger partial charge in [0.2, 0.25) is 0 Å². The lowest BCUT2D eigenvalue weighted by molar-refractivity contribution is 0.0746. The van der Waals surface area contributed by atoms with Gasteiger partial charge in [-0.25, -0.2) is 0 Å². The minimum absolute atomic E-state index is 0.218. The standard InChI is InChI=1S/C23H20N4O2/c1-2-27(16-18-6-4-3-5-7-18)23(29)21-14-19(12-13-25-21)22(28)26-20-10-8-17(15-24)9-11-20/h3-14H,2,16H2,1H3,(H,26,28). The molecule has 29 heavy (non-hydrogen) atoms. The zero-order valence-electron chi connectivity index (χ0n) is 16.0. The van der Waals surface area contributed by atoms with Crippen molar-refractivity contribution >= 4 is 17.5 Å². The lowest BCUT2D eigenvalue weighted by Crippen LogP contribution is -2.31. The first-order valence-electron chi connectivity index (χ1n) is 9.21. The molecule has 0 fully saturated rings. The zero-order valence-corrected chi connectivity index (χ0v) is 16.0.